The molecule has 0 N–H and O–H groups in total. The highest BCUT2D eigenvalue weighted by Gasteiger charge is 2.46. The molecule has 11 aromatic rings. The molecule has 0 atom stereocenters. The van der Waals surface area contributed by atoms with E-state index in [0.717, 1.165) is 61.3 Å². The van der Waals surface area contributed by atoms with Gasteiger partial charge in [-0.2, -0.15) is 0 Å². The van der Waals surface area contributed by atoms with Crippen molar-refractivity contribution in [3.8, 4) is 44.5 Å². The lowest BCUT2D eigenvalue weighted by Gasteiger charge is -2.34. The third-order valence-electron chi connectivity index (χ3n) is 13.0. The van der Waals surface area contributed by atoms with Gasteiger partial charge in [-0.3, -0.25) is 0 Å². The van der Waals surface area contributed by atoms with Crippen LogP contribution in [0.1, 0.15) is 22.3 Å². The van der Waals surface area contributed by atoms with E-state index in [4.69, 9.17) is 4.42 Å². The molecule has 1 aromatic heterocycles. The number of hydrogen-bond acceptors (Lipinski definition) is 2. The van der Waals surface area contributed by atoms with Gasteiger partial charge in [-0.15, -0.1) is 0 Å². The lowest BCUT2D eigenvalue weighted by Crippen LogP contribution is -2.28. The molecule has 0 saturated carbocycles. The molecular weight excluding hydrogens is 763 g/mol. The number of anilines is 3. The Kier molecular flexibility index (Phi) is 8.76. The molecular formula is C61H41NO. The fraction of sp³-hybridized carbons (Fsp3) is 0.0164. The van der Waals surface area contributed by atoms with Crippen LogP contribution in [-0.4, -0.2) is 0 Å². The van der Waals surface area contributed by atoms with E-state index in [-0.39, 0.29) is 0 Å². The van der Waals surface area contributed by atoms with Crippen LogP contribution in [0.4, 0.5) is 17.1 Å². The summed E-state index contributed by atoms with van der Waals surface area (Å²) in [5.74, 6) is 0. The Hall–Kier alpha value is -8.20. The lowest BCUT2D eigenvalue weighted by molar-refractivity contribution is 0.669. The van der Waals surface area contributed by atoms with Crippen molar-refractivity contribution in [1.29, 1.82) is 0 Å². The molecule has 0 fully saturated rings. The molecule has 63 heavy (non-hydrogen) atoms. The van der Waals surface area contributed by atoms with Gasteiger partial charge in [-0.1, -0.05) is 206 Å². The van der Waals surface area contributed by atoms with Gasteiger partial charge < -0.3 is 9.32 Å². The Bertz CT molecular complexity index is 3400. The van der Waals surface area contributed by atoms with Gasteiger partial charge in [0.2, 0.25) is 0 Å². The average molecular weight is 804 g/mol. The van der Waals surface area contributed by atoms with Gasteiger partial charge in [0.25, 0.3) is 0 Å². The molecule has 0 saturated heterocycles. The van der Waals surface area contributed by atoms with Crippen molar-refractivity contribution < 1.29 is 4.42 Å². The summed E-state index contributed by atoms with van der Waals surface area (Å²) in [6.07, 6.45) is 0. The zero-order valence-corrected chi connectivity index (χ0v) is 34.5. The van der Waals surface area contributed by atoms with Gasteiger partial charge in [0.1, 0.15) is 11.2 Å². The largest absolute Gasteiger partial charge is 0.456 e. The number of nitrogens with zero attached hydrogens (tertiary/aromatic N) is 1. The summed E-state index contributed by atoms with van der Waals surface area (Å²) in [5.41, 5.74) is 19.0. The Balaban J connectivity index is 1.17. The normalized spacial score (nSPS) is 12.6. The van der Waals surface area contributed by atoms with E-state index in [0.29, 0.717) is 0 Å². The fourth-order valence-corrected chi connectivity index (χ4v) is 10.3. The second kappa shape index (κ2) is 15.1. The Morgan fingerprint density at radius 1 is 0.317 bits per heavy atom. The van der Waals surface area contributed by atoms with Crippen LogP contribution in [0.2, 0.25) is 0 Å². The third-order valence-corrected chi connectivity index (χ3v) is 13.0. The molecule has 0 aliphatic heterocycles. The highest BCUT2D eigenvalue weighted by atomic mass is 16.3. The Labute approximate surface area is 367 Å². The molecule has 0 bridgehead atoms. The second-order valence-electron chi connectivity index (χ2n) is 16.3. The first kappa shape index (κ1) is 36.6. The van der Waals surface area contributed by atoms with E-state index in [1.54, 1.807) is 0 Å². The summed E-state index contributed by atoms with van der Waals surface area (Å²) in [6.45, 7) is 0. The summed E-state index contributed by atoms with van der Waals surface area (Å²) in [5, 5.41) is 2.18. The van der Waals surface area contributed by atoms with Crippen molar-refractivity contribution in [1.82, 2.24) is 0 Å². The van der Waals surface area contributed by atoms with Crippen LogP contribution in [0, 0.1) is 0 Å². The number of hydrogen-bond donors (Lipinski definition) is 0. The molecule has 1 heterocycles. The van der Waals surface area contributed by atoms with Crippen molar-refractivity contribution in [3.05, 3.63) is 271 Å². The SMILES string of the molecule is c1ccc(-c2ccccc2-c2c(-c3ccccc3)cccc2N(c2ccc3c(c2)-c2ccccc2C3(c2ccccc2)c2ccccc2)c2ccc3oc4ccccc4c3c2)cc1. The first-order valence-corrected chi connectivity index (χ1v) is 21.7. The fourth-order valence-electron chi connectivity index (χ4n) is 10.3. The molecule has 0 amide bonds. The van der Waals surface area contributed by atoms with E-state index < -0.39 is 5.41 Å². The predicted molar refractivity (Wildman–Crippen MR) is 262 cm³/mol. The van der Waals surface area contributed by atoms with Crippen molar-refractivity contribution in [2.24, 2.45) is 0 Å². The van der Waals surface area contributed by atoms with Gasteiger partial charge in [0, 0.05) is 27.7 Å². The quantitative estimate of drug-likeness (QED) is 0.152. The van der Waals surface area contributed by atoms with E-state index in [1.165, 1.54) is 44.5 Å². The third kappa shape index (κ3) is 5.87. The van der Waals surface area contributed by atoms with Crippen LogP contribution in [0.3, 0.4) is 0 Å². The summed E-state index contributed by atoms with van der Waals surface area (Å²) in [6, 6.07) is 90.4. The van der Waals surface area contributed by atoms with Gasteiger partial charge in [0.15, 0.2) is 0 Å². The number of fused-ring (bicyclic) bond motifs is 6. The van der Waals surface area contributed by atoms with Crippen molar-refractivity contribution in [2.75, 3.05) is 4.90 Å². The van der Waals surface area contributed by atoms with Crippen molar-refractivity contribution in [3.63, 3.8) is 0 Å². The standard InChI is InChI=1S/C61H41NO/c1-5-20-42(21-6-1)48-28-13-14-31-52(48)60-49(43-22-7-2-8-23-43)32-19-34-57(60)62(47-37-39-59-54(41-47)51-30-16-18-35-58(51)63-59)46-36-38-56-53(40-46)50-29-15-17-33-55(50)61(56,44-24-9-3-10-25-44)45-26-11-4-12-27-45/h1-41H. The Morgan fingerprint density at radius 3 is 1.54 bits per heavy atom. The van der Waals surface area contributed by atoms with Crippen LogP contribution in [-0.2, 0) is 5.41 Å². The number of rotatable bonds is 8. The first-order valence-electron chi connectivity index (χ1n) is 21.7. The highest BCUT2D eigenvalue weighted by Crippen LogP contribution is 2.58. The molecule has 0 radical (unpaired) electrons. The number of furan rings is 1. The molecule has 1 aliphatic carbocycles. The van der Waals surface area contributed by atoms with Gasteiger partial charge >= 0.3 is 0 Å². The zero-order chi connectivity index (χ0) is 41.7. The van der Waals surface area contributed by atoms with Gasteiger partial charge in [-0.25, -0.2) is 0 Å². The molecule has 12 rings (SSSR count). The maximum atomic E-state index is 6.42. The van der Waals surface area contributed by atoms with Gasteiger partial charge in [0.05, 0.1) is 11.1 Å². The van der Waals surface area contributed by atoms with Crippen LogP contribution in [0.5, 0.6) is 0 Å². The number of para-hydroxylation sites is 1. The Morgan fingerprint density at radius 2 is 0.825 bits per heavy atom. The number of benzene rings is 10. The van der Waals surface area contributed by atoms with E-state index >= 15 is 0 Å². The second-order valence-corrected chi connectivity index (χ2v) is 16.3. The van der Waals surface area contributed by atoms with Crippen molar-refractivity contribution in [2.45, 2.75) is 5.41 Å². The lowest BCUT2D eigenvalue weighted by atomic mass is 9.68. The molecule has 0 unspecified atom stereocenters. The van der Waals surface area contributed by atoms with Crippen LogP contribution in [0.25, 0.3) is 66.4 Å². The average Bonchev–Trinajstić information content (AvgIpc) is 3.88. The maximum absolute atomic E-state index is 6.42. The van der Waals surface area contributed by atoms with Gasteiger partial charge in [-0.05, 0) is 104 Å². The zero-order valence-electron chi connectivity index (χ0n) is 34.5. The van der Waals surface area contributed by atoms with Crippen molar-refractivity contribution >= 4 is 39.0 Å². The summed E-state index contributed by atoms with van der Waals surface area (Å²) in [7, 11) is 0. The summed E-state index contributed by atoms with van der Waals surface area (Å²) >= 11 is 0. The minimum atomic E-state index is -0.501. The van der Waals surface area contributed by atoms with Crippen LogP contribution < -0.4 is 4.90 Å². The monoisotopic (exact) mass is 803 g/mol. The van der Waals surface area contributed by atoms with E-state index in [2.05, 4.69) is 248 Å². The minimum Gasteiger partial charge on any atom is -0.456 e. The summed E-state index contributed by atoms with van der Waals surface area (Å²) < 4.78 is 6.42. The topological polar surface area (TPSA) is 16.4 Å². The highest BCUT2D eigenvalue weighted by molar-refractivity contribution is 6.08. The molecule has 10 aromatic carbocycles. The van der Waals surface area contributed by atoms with Crippen LogP contribution >= 0.6 is 0 Å². The summed E-state index contributed by atoms with van der Waals surface area (Å²) in [4.78, 5) is 2.47. The minimum absolute atomic E-state index is 0.501. The molecule has 2 nitrogen and oxygen atoms in total. The molecule has 296 valence electrons. The van der Waals surface area contributed by atoms with E-state index in [9.17, 15) is 0 Å². The maximum Gasteiger partial charge on any atom is 0.135 e. The predicted octanol–water partition coefficient (Wildman–Crippen LogP) is 16.4. The molecule has 2 heteroatoms. The van der Waals surface area contributed by atoms with E-state index in [1.807, 2.05) is 6.07 Å². The first-order chi connectivity index (χ1) is 31.3. The molecule has 1 aliphatic rings. The van der Waals surface area contributed by atoms with Crippen LogP contribution in [0.15, 0.2) is 253 Å². The smallest absolute Gasteiger partial charge is 0.135 e. The molecule has 0 spiro atoms.